The van der Waals surface area contributed by atoms with E-state index in [0.717, 1.165) is 19.4 Å². The van der Waals surface area contributed by atoms with Gasteiger partial charge in [0.15, 0.2) is 5.03 Å². The van der Waals surface area contributed by atoms with Crippen LogP contribution in [0, 0.1) is 17.0 Å². The number of aromatic nitrogens is 2. The van der Waals surface area contributed by atoms with Crippen LogP contribution in [0.5, 0.6) is 0 Å². The Labute approximate surface area is 121 Å². The summed E-state index contributed by atoms with van der Waals surface area (Å²) in [5, 5.41) is 14.6. The number of nitro groups is 1. The smallest absolute Gasteiger partial charge is 0.322 e. The summed E-state index contributed by atoms with van der Waals surface area (Å²) in [6.45, 7) is 5.02. The van der Waals surface area contributed by atoms with Gasteiger partial charge in [-0.2, -0.15) is 4.98 Å². The highest BCUT2D eigenvalue weighted by Gasteiger charge is 2.24. The highest BCUT2D eigenvalue weighted by molar-refractivity contribution is 7.99. The molecule has 0 radical (unpaired) electrons. The molecule has 1 aliphatic heterocycles. The third-order valence-corrected chi connectivity index (χ3v) is 4.07. The fourth-order valence-electron chi connectivity index (χ4n) is 2.04. The van der Waals surface area contributed by atoms with Crippen molar-refractivity contribution >= 4 is 23.4 Å². The minimum Gasteiger partial charge on any atom is -0.377 e. The molecule has 0 bridgehead atoms. The molecule has 0 aromatic carbocycles. The second-order valence-corrected chi connectivity index (χ2v) is 5.53. The van der Waals surface area contributed by atoms with Crippen molar-refractivity contribution in [2.45, 2.75) is 37.8 Å². The molecule has 1 atom stereocenters. The Hall–Kier alpha value is -1.41. The predicted molar refractivity (Wildman–Crippen MR) is 77.3 cm³/mol. The number of hydrogen-bond acceptors (Lipinski definition) is 7. The number of nitrogens with one attached hydrogen (secondary N) is 1. The van der Waals surface area contributed by atoms with Gasteiger partial charge >= 0.3 is 5.69 Å². The second kappa shape index (κ2) is 6.85. The van der Waals surface area contributed by atoms with E-state index in [0.29, 0.717) is 29.0 Å². The van der Waals surface area contributed by atoms with Gasteiger partial charge in [-0.05, 0) is 26.7 Å². The van der Waals surface area contributed by atoms with Gasteiger partial charge in [0.2, 0.25) is 5.95 Å². The first kappa shape index (κ1) is 15.0. The van der Waals surface area contributed by atoms with E-state index in [1.807, 2.05) is 6.92 Å². The Kier molecular flexibility index (Phi) is 5.13. The van der Waals surface area contributed by atoms with Crippen molar-refractivity contribution in [2.24, 2.45) is 0 Å². The van der Waals surface area contributed by atoms with E-state index in [-0.39, 0.29) is 11.8 Å². The fraction of sp³-hybridized carbons (Fsp3) is 0.667. The topological polar surface area (TPSA) is 90.2 Å². The van der Waals surface area contributed by atoms with Gasteiger partial charge in [-0.3, -0.25) is 10.1 Å². The van der Waals surface area contributed by atoms with Gasteiger partial charge in [-0.1, -0.05) is 11.8 Å². The Balaban J connectivity index is 2.19. The molecule has 1 fully saturated rings. The molecule has 0 amide bonds. The van der Waals surface area contributed by atoms with Crippen molar-refractivity contribution in [1.82, 2.24) is 9.97 Å². The summed E-state index contributed by atoms with van der Waals surface area (Å²) in [7, 11) is 0. The Morgan fingerprint density at radius 3 is 2.95 bits per heavy atom. The van der Waals surface area contributed by atoms with E-state index in [1.165, 1.54) is 11.8 Å². The van der Waals surface area contributed by atoms with Crippen molar-refractivity contribution in [3.05, 3.63) is 15.8 Å². The van der Waals surface area contributed by atoms with Crippen LogP contribution in [0.2, 0.25) is 0 Å². The van der Waals surface area contributed by atoms with Crippen LogP contribution in [0.25, 0.3) is 0 Å². The summed E-state index contributed by atoms with van der Waals surface area (Å²) in [4.78, 5) is 19.1. The predicted octanol–water partition coefficient (Wildman–Crippen LogP) is 2.40. The van der Waals surface area contributed by atoms with Gasteiger partial charge in [0.25, 0.3) is 0 Å². The second-order valence-electron chi connectivity index (χ2n) is 4.52. The lowest BCUT2D eigenvalue weighted by atomic mass is 10.3. The van der Waals surface area contributed by atoms with Gasteiger partial charge in [-0.25, -0.2) is 4.98 Å². The summed E-state index contributed by atoms with van der Waals surface area (Å²) in [5.41, 5.74) is 0.380. The molecule has 1 saturated heterocycles. The maximum atomic E-state index is 11.2. The number of anilines is 1. The Morgan fingerprint density at radius 2 is 2.35 bits per heavy atom. The number of hydrogen-bond donors (Lipinski definition) is 1. The molecule has 1 N–H and O–H groups in total. The van der Waals surface area contributed by atoms with Crippen LogP contribution >= 0.6 is 11.8 Å². The summed E-state index contributed by atoms with van der Waals surface area (Å²) < 4.78 is 5.53. The van der Waals surface area contributed by atoms with Crippen molar-refractivity contribution < 1.29 is 9.66 Å². The van der Waals surface area contributed by atoms with Crippen LogP contribution in [0.4, 0.5) is 11.6 Å². The number of ether oxygens (including phenoxy) is 1. The number of rotatable bonds is 6. The molecule has 2 rings (SSSR count). The molecule has 0 aliphatic carbocycles. The molecular formula is C12H18N4O3S. The Bertz CT molecular complexity index is 492. The lowest BCUT2D eigenvalue weighted by Gasteiger charge is -2.10. The maximum absolute atomic E-state index is 11.2. The molecule has 0 spiro atoms. The standard InChI is InChI=1S/C12H18N4O3S/c1-3-13-12-14-8(2)10(16(17)18)11(15-12)20-7-9-5-4-6-19-9/h9H,3-7H2,1-2H3,(H,13,14,15). The quantitative estimate of drug-likeness (QED) is 0.373. The van der Waals surface area contributed by atoms with E-state index < -0.39 is 4.92 Å². The first-order chi connectivity index (χ1) is 9.61. The van der Waals surface area contributed by atoms with Gasteiger partial charge in [0, 0.05) is 18.9 Å². The lowest BCUT2D eigenvalue weighted by molar-refractivity contribution is -0.389. The van der Waals surface area contributed by atoms with Crippen LogP contribution in [0.1, 0.15) is 25.5 Å². The van der Waals surface area contributed by atoms with Crippen LogP contribution in [-0.4, -0.2) is 39.9 Å². The minimum atomic E-state index is -0.414. The molecule has 1 aliphatic rings. The molecule has 0 saturated carbocycles. The summed E-state index contributed by atoms with van der Waals surface area (Å²) in [6.07, 6.45) is 2.22. The molecule has 1 aromatic heterocycles. The molecule has 110 valence electrons. The number of nitrogens with zero attached hydrogens (tertiary/aromatic N) is 3. The fourth-order valence-corrected chi connectivity index (χ4v) is 3.15. The number of thioether (sulfide) groups is 1. The highest BCUT2D eigenvalue weighted by atomic mass is 32.2. The van der Waals surface area contributed by atoms with E-state index >= 15 is 0 Å². The zero-order valence-electron chi connectivity index (χ0n) is 11.6. The first-order valence-corrected chi connectivity index (χ1v) is 7.61. The normalized spacial score (nSPS) is 18.2. The largest absolute Gasteiger partial charge is 0.377 e. The Morgan fingerprint density at radius 1 is 1.55 bits per heavy atom. The third-order valence-electron chi connectivity index (χ3n) is 2.97. The molecule has 8 heteroatoms. The van der Waals surface area contributed by atoms with E-state index in [1.54, 1.807) is 6.92 Å². The average Bonchev–Trinajstić information content (AvgIpc) is 2.88. The van der Waals surface area contributed by atoms with Crippen molar-refractivity contribution in [3.63, 3.8) is 0 Å². The monoisotopic (exact) mass is 298 g/mol. The minimum absolute atomic E-state index is 0.00495. The lowest BCUT2D eigenvalue weighted by Crippen LogP contribution is -2.10. The molecule has 20 heavy (non-hydrogen) atoms. The first-order valence-electron chi connectivity index (χ1n) is 6.63. The van der Waals surface area contributed by atoms with Crippen LogP contribution in [0.15, 0.2) is 5.03 Å². The molecule has 1 aromatic rings. The summed E-state index contributed by atoms with van der Waals surface area (Å²) in [6, 6.07) is 0. The zero-order valence-corrected chi connectivity index (χ0v) is 12.4. The molecular weight excluding hydrogens is 280 g/mol. The number of aryl methyl sites for hydroxylation is 1. The highest BCUT2D eigenvalue weighted by Crippen LogP contribution is 2.32. The average molecular weight is 298 g/mol. The van der Waals surface area contributed by atoms with Gasteiger partial charge in [0.05, 0.1) is 11.0 Å². The maximum Gasteiger partial charge on any atom is 0.322 e. The van der Waals surface area contributed by atoms with Gasteiger partial charge in [-0.15, -0.1) is 0 Å². The van der Waals surface area contributed by atoms with Crippen molar-refractivity contribution in [2.75, 3.05) is 24.2 Å². The summed E-state index contributed by atoms with van der Waals surface area (Å²) >= 11 is 1.37. The zero-order chi connectivity index (χ0) is 14.5. The molecule has 1 unspecified atom stereocenters. The summed E-state index contributed by atoms with van der Waals surface area (Å²) in [5.74, 6) is 1.12. The molecule has 7 nitrogen and oxygen atoms in total. The van der Waals surface area contributed by atoms with Gasteiger partial charge in [0.1, 0.15) is 5.69 Å². The van der Waals surface area contributed by atoms with E-state index in [4.69, 9.17) is 4.74 Å². The SMILES string of the molecule is CCNc1nc(C)c([N+](=O)[O-])c(SCC2CCCO2)n1. The van der Waals surface area contributed by atoms with E-state index in [2.05, 4.69) is 15.3 Å². The van der Waals surface area contributed by atoms with Crippen LogP contribution < -0.4 is 5.32 Å². The van der Waals surface area contributed by atoms with E-state index in [9.17, 15) is 10.1 Å². The van der Waals surface area contributed by atoms with Crippen LogP contribution in [0.3, 0.4) is 0 Å². The molecule has 2 heterocycles. The van der Waals surface area contributed by atoms with Crippen molar-refractivity contribution in [3.8, 4) is 0 Å². The third kappa shape index (κ3) is 3.57. The van der Waals surface area contributed by atoms with Crippen molar-refractivity contribution in [1.29, 1.82) is 0 Å². The van der Waals surface area contributed by atoms with Gasteiger partial charge < -0.3 is 10.1 Å². The van der Waals surface area contributed by atoms with Crippen LogP contribution in [-0.2, 0) is 4.74 Å².